The van der Waals surface area contributed by atoms with Crippen LogP contribution in [0.1, 0.15) is 5.69 Å². The molecule has 0 radical (unpaired) electrons. The van der Waals surface area contributed by atoms with Crippen LogP contribution in [-0.4, -0.2) is 17.0 Å². The zero-order chi connectivity index (χ0) is 13.0. The summed E-state index contributed by atoms with van der Waals surface area (Å²) in [5, 5.41) is 4.61. The maximum absolute atomic E-state index is 6.12. The van der Waals surface area contributed by atoms with E-state index in [0.717, 1.165) is 21.0 Å². The molecule has 2 heterocycles. The van der Waals surface area contributed by atoms with Gasteiger partial charge < -0.3 is 5.32 Å². The Morgan fingerprint density at radius 2 is 2.22 bits per heavy atom. The minimum atomic E-state index is 0.675. The molecule has 2 aromatic heterocycles. The van der Waals surface area contributed by atoms with Gasteiger partial charge in [-0.2, -0.15) is 0 Å². The molecular weight excluding hydrogens is 334 g/mol. The van der Waals surface area contributed by atoms with Gasteiger partial charge in [0.15, 0.2) is 0 Å². The van der Waals surface area contributed by atoms with Crippen molar-refractivity contribution in [2.24, 2.45) is 0 Å². The number of hydrogen-bond donors (Lipinski definition) is 1. The molecule has 0 fully saturated rings. The Labute approximate surface area is 124 Å². The van der Waals surface area contributed by atoms with Crippen LogP contribution in [0.5, 0.6) is 0 Å². The highest BCUT2D eigenvalue weighted by molar-refractivity contribution is 9.10. The maximum atomic E-state index is 6.12. The normalized spacial score (nSPS) is 10.4. The first-order chi connectivity index (χ1) is 8.70. The van der Waals surface area contributed by atoms with E-state index in [-0.39, 0.29) is 0 Å². The van der Waals surface area contributed by atoms with E-state index in [1.807, 2.05) is 31.3 Å². The summed E-state index contributed by atoms with van der Waals surface area (Å²) in [6.45, 7) is 0. The number of hydrogen-bond acceptors (Lipinski definition) is 4. The van der Waals surface area contributed by atoms with E-state index in [1.165, 1.54) is 0 Å². The molecule has 1 N–H and O–H groups in total. The Morgan fingerprint density at radius 1 is 1.39 bits per heavy atom. The molecule has 0 aliphatic rings. The highest BCUT2D eigenvalue weighted by atomic mass is 79.9. The fourth-order valence-electron chi connectivity index (χ4n) is 1.34. The first-order valence-electron chi connectivity index (χ1n) is 5.27. The summed E-state index contributed by atoms with van der Waals surface area (Å²) in [7, 11) is 1.84. The van der Waals surface area contributed by atoms with E-state index in [4.69, 9.17) is 11.6 Å². The van der Waals surface area contributed by atoms with Crippen LogP contribution in [0.4, 0.5) is 5.82 Å². The van der Waals surface area contributed by atoms with Crippen molar-refractivity contribution in [3.05, 3.63) is 45.7 Å². The number of aromatic nitrogens is 2. The predicted molar refractivity (Wildman–Crippen MR) is 80.3 cm³/mol. The molecule has 2 aromatic rings. The molecule has 94 valence electrons. The minimum Gasteiger partial charge on any atom is -0.373 e. The first-order valence-corrected chi connectivity index (χ1v) is 7.43. The lowest BCUT2D eigenvalue weighted by atomic mass is 10.3. The molecule has 0 aliphatic heterocycles. The average molecular weight is 345 g/mol. The number of anilines is 1. The summed E-state index contributed by atoms with van der Waals surface area (Å²) in [5.74, 6) is 1.50. The molecule has 0 atom stereocenters. The highest BCUT2D eigenvalue weighted by Crippen LogP contribution is 2.29. The molecule has 18 heavy (non-hydrogen) atoms. The summed E-state index contributed by atoms with van der Waals surface area (Å²) < 4.78 is 0.982. The SMILES string of the molecule is CNc1ccc(Cl)c(CSc2ncccc2Br)n1. The van der Waals surface area contributed by atoms with Crippen molar-refractivity contribution in [3.8, 4) is 0 Å². The van der Waals surface area contributed by atoms with Crippen molar-refractivity contribution in [2.75, 3.05) is 12.4 Å². The van der Waals surface area contributed by atoms with E-state index in [0.29, 0.717) is 10.8 Å². The van der Waals surface area contributed by atoms with Crippen LogP contribution in [-0.2, 0) is 5.75 Å². The van der Waals surface area contributed by atoms with Gasteiger partial charge in [-0.05, 0) is 40.2 Å². The third-order valence-corrected chi connectivity index (χ3v) is 4.51. The predicted octanol–water partition coefficient (Wildman–Crippen LogP) is 4.23. The zero-order valence-electron chi connectivity index (χ0n) is 9.65. The molecule has 0 unspecified atom stereocenters. The summed E-state index contributed by atoms with van der Waals surface area (Å²) in [6, 6.07) is 7.56. The number of nitrogens with one attached hydrogen (secondary N) is 1. The number of halogens is 2. The van der Waals surface area contributed by atoms with E-state index >= 15 is 0 Å². The Kier molecular flexibility index (Phi) is 4.86. The van der Waals surface area contributed by atoms with E-state index in [9.17, 15) is 0 Å². The Hall–Kier alpha value is -0.780. The third-order valence-electron chi connectivity index (χ3n) is 2.25. The molecule has 3 nitrogen and oxygen atoms in total. The van der Waals surface area contributed by atoms with Crippen LogP contribution in [0.2, 0.25) is 5.02 Å². The van der Waals surface area contributed by atoms with Gasteiger partial charge in [-0.1, -0.05) is 23.4 Å². The summed E-state index contributed by atoms with van der Waals surface area (Å²) >= 11 is 11.2. The van der Waals surface area contributed by atoms with Crippen LogP contribution in [0.3, 0.4) is 0 Å². The fraction of sp³-hybridized carbons (Fsp3) is 0.167. The van der Waals surface area contributed by atoms with Gasteiger partial charge in [-0.25, -0.2) is 9.97 Å². The van der Waals surface area contributed by atoms with Gasteiger partial charge in [-0.3, -0.25) is 0 Å². The van der Waals surface area contributed by atoms with Crippen molar-refractivity contribution in [1.82, 2.24) is 9.97 Å². The van der Waals surface area contributed by atoms with E-state index in [1.54, 1.807) is 18.0 Å². The lowest BCUT2D eigenvalue weighted by molar-refractivity contribution is 1.10. The van der Waals surface area contributed by atoms with Crippen LogP contribution >= 0.6 is 39.3 Å². The van der Waals surface area contributed by atoms with Crippen LogP contribution in [0.15, 0.2) is 40.0 Å². The summed E-state index contributed by atoms with van der Waals surface area (Å²) in [4.78, 5) is 8.72. The van der Waals surface area contributed by atoms with Gasteiger partial charge in [0.25, 0.3) is 0 Å². The number of nitrogens with zero attached hydrogens (tertiary/aromatic N) is 2. The zero-order valence-corrected chi connectivity index (χ0v) is 12.8. The smallest absolute Gasteiger partial charge is 0.126 e. The molecule has 0 bridgehead atoms. The molecule has 0 spiro atoms. The first kappa shape index (κ1) is 13.6. The number of rotatable bonds is 4. The molecule has 0 aliphatic carbocycles. The second kappa shape index (κ2) is 6.41. The lowest BCUT2D eigenvalue weighted by Gasteiger charge is -2.06. The number of thioether (sulfide) groups is 1. The molecule has 0 aromatic carbocycles. The Balaban J connectivity index is 2.13. The molecule has 0 saturated carbocycles. The van der Waals surface area contributed by atoms with Gasteiger partial charge in [0.2, 0.25) is 0 Å². The van der Waals surface area contributed by atoms with Gasteiger partial charge in [0.1, 0.15) is 10.8 Å². The van der Waals surface area contributed by atoms with Crippen molar-refractivity contribution in [2.45, 2.75) is 10.8 Å². The lowest BCUT2D eigenvalue weighted by Crippen LogP contribution is -1.96. The molecular formula is C12H11BrClN3S. The van der Waals surface area contributed by atoms with E-state index < -0.39 is 0 Å². The van der Waals surface area contributed by atoms with Crippen molar-refractivity contribution < 1.29 is 0 Å². The third kappa shape index (κ3) is 3.37. The van der Waals surface area contributed by atoms with Crippen LogP contribution in [0.25, 0.3) is 0 Å². The summed E-state index contributed by atoms with van der Waals surface area (Å²) in [6.07, 6.45) is 1.77. The van der Waals surface area contributed by atoms with Gasteiger partial charge in [0.05, 0.1) is 10.7 Å². The van der Waals surface area contributed by atoms with Crippen molar-refractivity contribution in [1.29, 1.82) is 0 Å². The van der Waals surface area contributed by atoms with E-state index in [2.05, 4.69) is 31.2 Å². The summed E-state index contributed by atoms with van der Waals surface area (Å²) in [5.41, 5.74) is 0.853. The Bertz CT molecular complexity index is 551. The molecule has 0 amide bonds. The van der Waals surface area contributed by atoms with Crippen molar-refractivity contribution >= 4 is 45.1 Å². The minimum absolute atomic E-state index is 0.675. The maximum Gasteiger partial charge on any atom is 0.126 e. The van der Waals surface area contributed by atoms with Gasteiger partial charge >= 0.3 is 0 Å². The monoisotopic (exact) mass is 343 g/mol. The Morgan fingerprint density at radius 3 is 2.94 bits per heavy atom. The largest absolute Gasteiger partial charge is 0.373 e. The molecule has 2 rings (SSSR count). The molecule has 0 saturated heterocycles. The van der Waals surface area contributed by atoms with Crippen molar-refractivity contribution in [3.63, 3.8) is 0 Å². The second-order valence-corrected chi connectivity index (χ2v) is 5.68. The number of pyridine rings is 2. The second-order valence-electron chi connectivity index (χ2n) is 3.45. The van der Waals surface area contributed by atoms with Crippen LogP contribution in [0, 0.1) is 0 Å². The standard InChI is InChI=1S/C12H11BrClN3S/c1-15-11-5-4-9(14)10(17-11)7-18-12-8(13)3-2-6-16-12/h2-6H,7H2,1H3,(H,15,17). The van der Waals surface area contributed by atoms with Crippen LogP contribution < -0.4 is 5.32 Å². The average Bonchev–Trinajstić information content (AvgIpc) is 2.39. The van der Waals surface area contributed by atoms with Gasteiger partial charge in [0, 0.05) is 23.5 Å². The van der Waals surface area contributed by atoms with Gasteiger partial charge in [-0.15, -0.1) is 0 Å². The topological polar surface area (TPSA) is 37.8 Å². The quantitative estimate of drug-likeness (QED) is 0.842. The molecule has 6 heteroatoms. The fourth-order valence-corrected chi connectivity index (χ4v) is 3.02. The highest BCUT2D eigenvalue weighted by Gasteiger charge is 2.07.